The number of H-pyrrole nitrogens is 1. The van der Waals surface area contributed by atoms with Crippen LogP contribution < -0.4 is 4.90 Å². The molecule has 9 heteroatoms. The van der Waals surface area contributed by atoms with E-state index in [2.05, 4.69) is 32.8 Å². The van der Waals surface area contributed by atoms with E-state index >= 15 is 0 Å². The van der Waals surface area contributed by atoms with Gasteiger partial charge in [0, 0.05) is 61.6 Å². The molecule has 2 saturated heterocycles. The van der Waals surface area contributed by atoms with Gasteiger partial charge in [-0.15, -0.1) is 5.10 Å². The van der Waals surface area contributed by atoms with Crippen LogP contribution in [0.1, 0.15) is 5.56 Å². The van der Waals surface area contributed by atoms with Crippen molar-refractivity contribution in [3.05, 3.63) is 66.2 Å². The van der Waals surface area contributed by atoms with Crippen LogP contribution in [-0.4, -0.2) is 73.9 Å². The first-order valence-corrected chi connectivity index (χ1v) is 12.8. The largest absolute Gasteiger partial charge is 0.395 e. The number of aromatic nitrogens is 5. The molecule has 0 bridgehead atoms. The summed E-state index contributed by atoms with van der Waals surface area (Å²) in [5.74, 6) is 1.83. The molecule has 8 nitrogen and oxygen atoms in total. The second-order valence-electron chi connectivity index (χ2n) is 10.2. The lowest BCUT2D eigenvalue weighted by Crippen LogP contribution is -2.31. The molecule has 4 aromatic heterocycles. The molecule has 7 rings (SSSR count). The van der Waals surface area contributed by atoms with E-state index in [4.69, 9.17) is 10.1 Å². The zero-order valence-corrected chi connectivity index (χ0v) is 20.6. The Kier molecular flexibility index (Phi) is 5.23. The normalized spacial score (nSPS) is 19.9. The smallest absolute Gasteiger partial charge is 0.158 e. The zero-order valence-electron chi connectivity index (χ0n) is 20.6. The lowest BCUT2D eigenvalue weighted by molar-refractivity contribution is 0.214. The Hall–Kier alpha value is -3.82. The van der Waals surface area contributed by atoms with Gasteiger partial charge < -0.3 is 19.9 Å². The van der Waals surface area contributed by atoms with Crippen LogP contribution in [0.3, 0.4) is 0 Å². The van der Waals surface area contributed by atoms with Crippen molar-refractivity contribution in [3.8, 4) is 22.5 Å². The number of anilines is 1. The van der Waals surface area contributed by atoms with Gasteiger partial charge in [-0.2, -0.15) is 0 Å². The second-order valence-corrected chi connectivity index (χ2v) is 10.2. The third-order valence-electron chi connectivity index (χ3n) is 7.89. The molecule has 0 amide bonds. The van der Waals surface area contributed by atoms with E-state index in [1.165, 1.54) is 12.1 Å². The number of rotatable bonds is 5. The molecule has 5 aromatic rings. The molecule has 2 aliphatic heterocycles. The molecular formula is C28H28FN7O. The lowest BCUT2D eigenvalue weighted by Gasteiger charge is -2.22. The summed E-state index contributed by atoms with van der Waals surface area (Å²) in [7, 11) is 0. The molecule has 0 unspecified atom stereocenters. The summed E-state index contributed by atoms with van der Waals surface area (Å²) in [6, 6.07) is 12.6. The highest BCUT2D eigenvalue weighted by Crippen LogP contribution is 2.38. The minimum absolute atomic E-state index is 0.212. The number of hydrogen-bond donors (Lipinski definition) is 2. The molecule has 0 spiro atoms. The summed E-state index contributed by atoms with van der Waals surface area (Å²) in [4.78, 5) is 17.5. The fraction of sp³-hybridized carbons (Fsp3) is 0.321. The maximum Gasteiger partial charge on any atom is 0.158 e. The summed E-state index contributed by atoms with van der Waals surface area (Å²) in [6.07, 6.45) is 3.67. The van der Waals surface area contributed by atoms with E-state index < -0.39 is 0 Å². The van der Waals surface area contributed by atoms with Crippen molar-refractivity contribution in [3.63, 3.8) is 0 Å². The first kappa shape index (κ1) is 22.4. The summed E-state index contributed by atoms with van der Waals surface area (Å²) in [6.45, 7) is 6.99. The Morgan fingerprint density at radius 3 is 2.59 bits per heavy atom. The maximum absolute atomic E-state index is 13.8. The molecule has 188 valence electrons. The number of halogens is 1. The van der Waals surface area contributed by atoms with E-state index in [0.717, 1.165) is 83.3 Å². The van der Waals surface area contributed by atoms with E-state index in [0.29, 0.717) is 11.8 Å². The molecule has 0 aliphatic carbocycles. The van der Waals surface area contributed by atoms with Crippen molar-refractivity contribution < 1.29 is 9.50 Å². The van der Waals surface area contributed by atoms with Gasteiger partial charge in [-0.3, -0.25) is 0 Å². The van der Waals surface area contributed by atoms with Crippen molar-refractivity contribution in [1.82, 2.24) is 29.5 Å². The molecule has 2 aliphatic rings. The van der Waals surface area contributed by atoms with Gasteiger partial charge in [0.2, 0.25) is 0 Å². The van der Waals surface area contributed by atoms with Crippen LogP contribution in [0, 0.1) is 24.6 Å². The number of fused-ring (bicyclic) bond motifs is 3. The average molecular weight is 498 g/mol. The Bertz CT molecular complexity index is 1590. The van der Waals surface area contributed by atoms with Gasteiger partial charge in [0.25, 0.3) is 0 Å². The molecule has 1 aromatic carbocycles. The number of aromatic amines is 1. The first-order chi connectivity index (χ1) is 18.1. The van der Waals surface area contributed by atoms with Crippen LogP contribution in [-0.2, 0) is 0 Å². The van der Waals surface area contributed by atoms with Crippen LogP contribution >= 0.6 is 0 Å². The van der Waals surface area contributed by atoms with Crippen LogP contribution in [0.4, 0.5) is 10.2 Å². The number of pyridine rings is 1. The van der Waals surface area contributed by atoms with Crippen LogP contribution in [0.5, 0.6) is 0 Å². The van der Waals surface area contributed by atoms with Gasteiger partial charge in [-0.1, -0.05) is 0 Å². The third kappa shape index (κ3) is 3.69. The molecule has 2 N–H and O–H groups in total. The predicted molar refractivity (Wildman–Crippen MR) is 141 cm³/mol. The number of nitrogens with zero attached hydrogens (tertiary/aromatic N) is 6. The molecule has 0 saturated carbocycles. The molecular weight excluding hydrogens is 469 g/mol. The highest BCUT2D eigenvalue weighted by molar-refractivity contribution is 5.97. The van der Waals surface area contributed by atoms with E-state index in [-0.39, 0.29) is 12.4 Å². The third-order valence-corrected chi connectivity index (χ3v) is 7.89. The second kappa shape index (κ2) is 8.64. The van der Waals surface area contributed by atoms with Crippen LogP contribution in [0.15, 0.2) is 54.9 Å². The highest BCUT2D eigenvalue weighted by atomic mass is 19.1. The van der Waals surface area contributed by atoms with Crippen molar-refractivity contribution in [2.75, 3.05) is 44.2 Å². The van der Waals surface area contributed by atoms with Gasteiger partial charge in [0.15, 0.2) is 5.65 Å². The average Bonchev–Trinajstić information content (AvgIpc) is 3.66. The Balaban J connectivity index is 1.37. The van der Waals surface area contributed by atoms with Crippen molar-refractivity contribution in [2.45, 2.75) is 6.92 Å². The van der Waals surface area contributed by atoms with Gasteiger partial charge in [-0.25, -0.2) is 18.9 Å². The van der Waals surface area contributed by atoms with Gasteiger partial charge >= 0.3 is 0 Å². The molecule has 2 fully saturated rings. The number of imidazole rings is 1. The SMILES string of the molecule is Cc1cc(N2C[C@H]3CN(CCO)C[C@H]3C2)nn2c(-c3ccnc4[nH]ccc34)c(-c3ccc(F)cc3)nc12. The fourth-order valence-electron chi connectivity index (χ4n) is 6.13. The summed E-state index contributed by atoms with van der Waals surface area (Å²) in [5.41, 5.74) is 6.06. The molecule has 6 heterocycles. The summed E-state index contributed by atoms with van der Waals surface area (Å²) in [5, 5.41) is 15.5. The minimum Gasteiger partial charge on any atom is -0.395 e. The Morgan fingerprint density at radius 2 is 1.84 bits per heavy atom. The van der Waals surface area contributed by atoms with Gasteiger partial charge in [-0.05, 0) is 66.8 Å². The van der Waals surface area contributed by atoms with Crippen molar-refractivity contribution in [2.24, 2.45) is 11.8 Å². The number of aliphatic hydroxyl groups is 1. The van der Waals surface area contributed by atoms with E-state index in [1.807, 2.05) is 22.8 Å². The molecule has 2 atom stereocenters. The van der Waals surface area contributed by atoms with Crippen molar-refractivity contribution in [1.29, 1.82) is 0 Å². The standard InChI is InChI=1S/C28H28FN7O/c1-17-12-24(35-15-19-13-34(10-11-37)14-20(19)16-35)33-36-26(22-6-8-30-27-23(22)7-9-31-27)25(32-28(17)36)18-2-4-21(29)5-3-18/h2-9,12,19-20,37H,10-11,13-16H2,1H3,(H,30,31)/t19-,20+. The first-order valence-electron chi connectivity index (χ1n) is 12.8. The number of nitrogens with one attached hydrogen (secondary N) is 1. The number of benzene rings is 1. The van der Waals surface area contributed by atoms with Gasteiger partial charge in [0.1, 0.15) is 23.0 Å². The number of hydrogen-bond acceptors (Lipinski definition) is 6. The van der Waals surface area contributed by atoms with Gasteiger partial charge in [0.05, 0.1) is 12.3 Å². The van der Waals surface area contributed by atoms with Crippen LogP contribution in [0.25, 0.3) is 39.2 Å². The fourth-order valence-corrected chi connectivity index (χ4v) is 6.13. The Morgan fingerprint density at radius 1 is 1.05 bits per heavy atom. The zero-order chi connectivity index (χ0) is 25.1. The van der Waals surface area contributed by atoms with Crippen molar-refractivity contribution >= 4 is 22.5 Å². The topological polar surface area (TPSA) is 85.6 Å². The maximum atomic E-state index is 13.8. The number of β-amino-alcohol motifs (C(OH)–C–C–N with tert-alkyl or cyclic N) is 1. The van der Waals surface area contributed by atoms with E-state index in [9.17, 15) is 9.50 Å². The summed E-state index contributed by atoms with van der Waals surface area (Å²) < 4.78 is 15.7. The number of likely N-dealkylation sites (tertiary alicyclic amines) is 1. The monoisotopic (exact) mass is 497 g/mol. The minimum atomic E-state index is -0.278. The van der Waals surface area contributed by atoms with Crippen LogP contribution in [0.2, 0.25) is 0 Å². The molecule has 0 radical (unpaired) electrons. The molecule has 37 heavy (non-hydrogen) atoms. The number of aryl methyl sites for hydroxylation is 1. The Labute approximate surface area is 213 Å². The van der Waals surface area contributed by atoms with E-state index in [1.54, 1.807) is 18.3 Å². The highest BCUT2D eigenvalue weighted by Gasteiger charge is 2.40. The lowest BCUT2D eigenvalue weighted by atomic mass is 10.0. The predicted octanol–water partition coefficient (Wildman–Crippen LogP) is 3.75. The summed E-state index contributed by atoms with van der Waals surface area (Å²) >= 11 is 0. The quantitative estimate of drug-likeness (QED) is 0.385. The number of aliphatic hydroxyl groups excluding tert-OH is 1.